The van der Waals surface area contributed by atoms with Crippen molar-refractivity contribution in [1.82, 2.24) is 9.97 Å². The molecule has 0 saturated heterocycles. The maximum Gasteiger partial charge on any atom is 0.262 e. The van der Waals surface area contributed by atoms with Crippen LogP contribution in [-0.4, -0.2) is 16.5 Å². The lowest BCUT2D eigenvalue weighted by Gasteiger charge is -1.99. The van der Waals surface area contributed by atoms with Crippen molar-refractivity contribution in [2.24, 2.45) is 5.73 Å². The molecule has 0 fully saturated rings. The molecule has 4 nitrogen and oxygen atoms in total. The number of aromatic nitrogens is 2. The molecule has 5 heteroatoms. The number of hydrogen-bond acceptors (Lipinski definition) is 5. The SMILES string of the molecule is Cc1nc(Sc2ccc(CCN)cn2)oc1C. The molecule has 0 spiro atoms. The molecule has 0 aliphatic rings. The minimum absolute atomic E-state index is 0.638. The third-order valence-electron chi connectivity index (χ3n) is 2.43. The molecule has 0 amide bonds. The molecule has 2 aromatic heterocycles. The van der Waals surface area contributed by atoms with Gasteiger partial charge in [0.15, 0.2) is 0 Å². The fraction of sp³-hybridized carbons (Fsp3) is 0.333. The van der Waals surface area contributed by atoms with E-state index in [4.69, 9.17) is 10.2 Å². The lowest BCUT2D eigenvalue weighted by atomic mass is 10.2. The largest absolute Gasteiger partial charge is 0.436 e. The summed E-state index contributed by atoms with van der Waals surface area (Å²) in [6.45, 7) is 4.48. The van der Waals surface area contributed by atoms with Crippen LogP contribution in [0.5, 0.6) is 0 Å². The van der Waals surface area contributed by atoms with Crippen molar-refractivity contribution in [2.75, 3.05) is 6.54 Å². The van der Waals surface area contributed by atoms with Gasteiger partial charge in [0.05, 0.1) is 5.69 Å². The van der Waals surface area contributed by atoms with E-state index >= 15 is 0 Å². The van der Waals surface area contributed by atoms with Crippen LogP contribution in [0.2, 0.25) is 0 Å². The zero-order valence-corrected chi connectivity index (χ0v) is 10.8. The summed E-state index contributed by atoms with van der Waals surface area (Å²) in [5.74, 6) is 0.854. The summed E-state index contributed by atoms with van der Waals surface area (Å²) in [7, 11) is 0. The Bertz CT molecular complexity index is 473. The van der Waals surface area contributed by atoms with E-state index in [9.17, 15) is 0 Å². The summed E-state index contributed by atoms with van der Waals surface area (Å²) in [6, 6.07) is 4.00. The minimum Gasteiger partial charge on any atom is -0.436 e. The third-order valence-corrected chi connectivity index (χ3v) is 3.23. The summed E-state index contributed by atoms with van der Waals surface area (Å²) in [5.41, 5.74) is 7.56. The highest BCUT2D eigenvalue weighted by atomic mass is 32.2. The Morgan fingerprint density at radius 3 is 2.71 bits per heavy atom. The van der Waals surface area contributed by atoms with Gasteiger partial charge in [-0.05, 0) is 50.2 Å². The molecular formula is C12H15N3OS. The molecular weight excluding hydrogens is 234 g/mol. The number of hydrogen-bond donors (Lipinski definition) is 1. The fourth-order valence-corrected chi connectivity index (χ4v) is 2.13. The van der Waals surface area contributed by atoms with Gasteiger partial charge in [-0.1, -0.05) is 6.07 Å². The van der Waals surface area contributed by atoms with Crippen LogP contribution >= 0.6 is 11.8 Å². The second-order valence-corrected chi connectivity index (χ2v) is 4.74. The molecule has 0 bridgehead atoms. The molecule has 90 valence electrons. The summed E-state index contributed by atoms with van der Waals surface area (Å²) in [5, 5.41) is 1.52. The first kappa shape index (κ1) is 12.1. The van der Waals surface area contributed by atoms with Crippen LogP contribution in [0.25, 0.3) is 0 Å². The average Bonchev–Trinajstić information content (AvgIpc) is 2.61. The van der Waals surface area contributed by atoms with Crippen molar-refractivity contribution >= 4 is 11.8 Å². The van der Waals surface area contributed by atoms with Gasteiger partial charge in [-0.2, -0.15) is 0 Å². The van der Waals surface area contributed by atoms with Gasteiger partial charge < -0.3 is 10.2 Å². The van der Waals surface area contributed by atoms with Crippen LogP contribution in [0.3, 0.4) is 0 Å². The maximum atomic E-state index is 5.49. The standard InChI is InChI=1S/C12H15N3OS/c1-8-9(2)16-12(15-8)17-11-4-3-10(5-6-13)7-14-11/h3-4,7H,5-6,13H2,1-2H3. The molecule has 2 N–H and O–H groups in total. The van der Waals surface area contributed by atoms with Crippen LogP contribution in [0.4, 0.5) is 0 Å². The summed E-state index contributed by atoms with van der Waals surface area (Å²) in [4.78, 5) is 8.64. The van der Waals surface area contributed by atoms with Gasteiger partial charge in [0, 0.05) is 6.20 Å². The van der Waals surface area contributed by atoms with Gasteiger partial charge in [-0.25, -0.2) is 9.97 Å². The Balaban J connectivity index is 2.08. The predicted octanol–water partition coefficient (Wildman–Crippen LogP) is 2.34. The molecule has 0 aliphatic carbocycles. The van der Waals surface area contributed by atoms with Crippen molar-refractivity contribution in [2.45, 2.75) is 30.5 Å². The van der Waals surface area contributed by atoms with Crippen molar-refractivity contribution < 1.29 is 4.42 Å². The molecule has 2 rings (SSSR count). The second-order valence-electron chi connectivity index (χ2n) is 3.77. The van der Waals surface area contributed by atoms with Gasteiger partial charge >= 0.3 is 0 Å². The predicted molar refractivity (Wildman–Crippen MR) is 67.1 cm³/mol. The summed E-state index contributed by atoms with van der Waals surface area (Å²) in [6.07, 6.45) is 2.70. The molecule has 2 aromatic rings. The van der Waals surface area contributed by atoms with Crippen molar-refractivity contribution in [1.29, 1.82) is 0 Å². The van der Waals surface area contributed by atoms with Crippen molar-refractivity contribution in [3.8, 4) is 0 Å². The second kappa shape index (κ2) is 5.33. The number of rotatable bonds is 4. The minimum atomic E-state index is 0.638. The highest BCUT2D eigenvalue weighted by Crippen LogP contribution is 2.26. The number of aryl methyl sites for hydroxylation is 2. The molecule has 0 aromatic carbocycles. The van der Waals surface area contributed by atoms with E-state index in [1.807, 2.05) is 32.2 Å². The Hall–Kier alpha value is -1.33. The molecule has 0 aliphatic heterocycles. The van der Waals surface area contributed by atoms with Gasteiger partial charge in [0.1, 0.15) is 10.8 Å². The first-order chi connectivity index (χ1) is 8.19. The number of nitrogens with two attached hydrogens (primary N) is 1. The van der Waals surface area contributed by atoms with Gasteiger partial charge in [-0.3, -0.25) is 0 Å². The highest BCUT2D eigenvalue weighted by Gasteiger charge is 2.08. The first-order valence-corrected chi connectivity index (χ1v) is 6.27. The van der Waals surface area contributed by atoms with Crippen LogP contribution in [0.1, 0.15) is 17.0 Å². The van der Waals surface area contributed by atoms with E-state index in [1.54, 1.807) is 0 Å². The topological polar surface area (TPSA) is 64.9 Å². The molecule has 0 saturated carbocycles. The van der Waals surface area contributed by atoms with Crippen molar-refractivity contribution in [3.05, 3.63) is 35.3 Å². The van der Waals surface area contributed by atoms with E-state index < -0.39 is 0 Å². The third kappa shape index (κ3) is 3.08. The summed E-state index contributed by atoms with van der Waals surface area (Å²) >= 11 is 1.43. The Morgan fingerprint density at radius 2 is 2.18 bits per heavy atom. The monoisotopic (exact) mass is 249 g/mol. The van der Waals surface area contributed by atoms with Crippen LogP contribution < -0.4 is 5.73 Å². The van der Waals surface area contributed by atoms with Crippen LogP contribution in [-0.2, 0) is 6.42 Å². The van der Waals surface area contributed by atoms with Crippen LogP contribution in [0, 0.1) is 13.8 Å². The molecule has 2 heterocycles. The average molecular weight is 249 g/mol. The Kier molecular flexibility index (Phi) is 3.81. The van der Waals surface area contributed by atoms with Crippen molar-refractivity contribution in [3.63, 3.8) is 0 Å². The number of oxazole rings is 1. The normalized spacial score (nSPS) is 10.8. The smallest absolute Gasteiger partial charge is 0.262 e. The Labute approximate surface area is 105 Å². The fourth-order valence-electron chi connectivity index (χ4n) is 1.36. The van der Waals surface area contributed by atoms with E-state index in [0.717, 1.165) is 28.5 Å². The molecule has 0 unspecified atom stereocenters. The number of pyridine rings is 1. The zero-order chi connectivity index (χ0) is 12.3. The van der Waals surface area contributed by atoms with E-state index in [-0.39, 0.29) is 0 Å². The molecule has 0 radical (unpaired) electrons. The van der Waals surface area contributed by atoms with Crippen LogP contribution in [0.15, 0.2) is 33.0 Å². The van der Waals surface area contributed by atoms with Gasteiger partial charge in [-0.15, -0.1) is 0 Å². The maximum absolute atomic E-state index is 5.49. The van der Waals surface area contributed by atoms with Gasteiger partial charge in [0.2, 0.25) is 0 Å². The molecule has 0 atom stereocenters. The number of nitrogens with zero attached hydrogens (tertiary/aromatic N) is 2. The highest BCUT2D eigenvalue weighted by molar-refractivity contribution is 7.99. The van der Waals surface area contributed by atoms with E-state index in [2.05, 4.69) is 9.97 Å². The quantitative estimate of drug-likeness (QED) is 0.901. The Morgan fingerprint density at radius 1 is 1.35 bits per heavy atom. The first-order valence-electron chi connectivity index (χ1n) is 5.46. The van der Waals surface area contributed by atoms with Gasteiger partial charge in [0.25, 0.3) is 5.22 Å². The summed E-state index contributed by atoms with van der Waals surface area (Å²) < 4.78 is 5.49. The molecule has 17 heavy (non-hydrogen) atoms. The van der Waals surface area contributed by atoms with E-state index in [1.165, 1.54) is 11.8 Å². The lowest BCUT2D eigenvalue weighted by molar-refractivity contribution is 0.431. The zero-order valence-electron chi connectivity index (χ0n) is 9.93. The lowest BCUT2D eigenvalue weighted by Crippen LogP contribution is -2.02. The van der Waals surface area contributed by atoms with E-state index in [0.29, 0.717) is 11.8 Å².